The SMILES string of the molecule is CCOc1cccc(C2c3c(oc4ccc(Cl)cc4c3=O)C(=O)N2c2ccc(C(C)=O)cc2)c1. The van der Waals surface area contributed by atoms with Crippen LogP contribution in [0.1, 0.15) is 51.9 Å². The van der Waals surface area contributed by atoms with Crippen molar-refractivity contribution < 1.29 is 18.7 Å². The number of hydrogen-bond acceptors (Lipinski definition) is 5. The van der Waals surface area contributed by atoms with Crippen molar-refractivity contribution in [1.29, 1.82) is 0 Å². The van der Waals surface area contributed by atoms with Gasteiger partial charge >= 0.3 is 0 Å². The van der Waals surface area contributed by atoms with Crippen molar-refractivity contribution >= 4 is 39.9 Å². The van der Waals surface area contributed by atoms with Gasteiger partial charge in [-0.2, -0.15) is 0 Å². The number of rotatable bonds is 5. The molecule has 1 amide bonds. The number of nitrogens with zero attached hydrogens (tertiary/aromatic N) is 1. The molecule has 34 heavy (non-hydrogen) atoms. The summed E-state index contributed by atoms with van der Waals surface area (Å²) in [6.07, 6.45) is 0. The van der Waals surface area contributed by atoms with Gasteiger partial charge in [0, 0.05) is 16.3 Å². The number of Topliss-reactive ketones (excluding diaryl/α,β-unsaturated/α-hetero) is 1. The lowest BCUT2D eigenvalue weighted by molar-refractivity contribution is 0.0970. The monoisotopic (exact) mass is 473 g/mol. The predicted octanol–water partition coefficient (Wildman–Crippen LogP) is 5.80. The highest BCUT2D eigenvalue weighted by atomic mass is 35.5. The van der Waals surface area contributed by atoms with Gasteiger partial charge in [-0.3, -0.25) is 19.3 Å². The molecule has 4 aromatic rings. The molecule has 0 aliphatic carbocycles. The Morgan fingerprint density at radius 1 is 1.06 bits per heavy atom. The fourth-order valence-electron chi connectivity index (χ4n) is 4.32. The van der Waals surface area contributed by atoms with Crippen LogP contribution in [0.5, 0.6) is 5.75 Å². The summed E-state index contributed by atoms with van der Waals surface area (Å²) < 4.78 is 11.6. The average Bonchev–Trinajstić information content (AvgIpc) is 3.12. The lowest BCUT2D eigenvalue weighted by Gasteiger charge is -2.25. The maximum atomic E-state index is 13.7. The van der Waals surface area contributed by atoms with E-state index in [1.165, 1.54) is 11.8 Å². The highest BCUT2D eigenvalue weighted by Gasteiger charge is 2.43. The summed E-state index contributed by atoms with van der Waals surface area (Å²) in [5.41, 5.74) is 1.97. The molecule has 0 saturated carbocycles. The maximum absolute atomic E-state index is 13.7. The number of carbonyl (C=O) groups is 2. The van der Waals surface area contributed by atoms with E-state index in [2.05, 4.69) is 0 Å². The van der Waals surface area contributed by atoms with Crippen LogP contribution in [0.15, 0.2) is 75.9 Å². The third-order valence-corrected chi connectivity index (χ3v) is 6.10. The van der Waals surface area contributed by atoms with Crippen LogP contribution in [0, 0.1) is 0 Å². The summed E-state index contributed by atoms with van der Waals surface area (Å²) in [6.45, 7) is 3.84. The molecule has 1 unspecified atom stereocenters. The molecule has 170 valence electrons. The summed E-state index contributed by atoms with van der Waals surface area (Å²) >= 11 is 6.14. The van der Waals surface area contributed by atoms with Crippen molar-refractivity contribution in [1.82, 2.24) is 0 Å². The molecule has 2 heterocycles. The Labute approximate surface area is 200 Å². The minimum absolute atomic E-state index is 0.0118. The molecule has 0 spiro atoms. The normalized spacial score (nSPS) is 15.0. The van der Waals surface area contributed by atoms with Crippen molar-refractivity contribution in [3.8, 4) is 5.75 Å². The van der Waals surface area contributed by atoms with Gasteiger partial charge in [-0.25, -0.2) is 0 Å². The minimum atomic E-state index is -0.745. The molecule has 7 heteroatoms. The molecule has 3 aromatic carbocycles. The standard InChI is InChI=1S/C27H20ClNO5/c1-3-33-20-6-4-5-17(13-20)24-23-25(31)21-14-18(28)9-12-22(21)34-26(23)27(32)29(24)19-10-7-16(8-11-19)15(2)30/h4-14,24H,3H2,1-2H3. The molecule has 1 aliphatic rings. The summed E-state index contributed by atoms with van der Waals surface area (Å²) in [4.78, 5) is 40.6. The van der Waals surface area contributed by atoms with E-state index in [-0.39, 0.29) is 28.1 Å². The summed E-state index contributed by atoms with van der Waals surface area (Å²) in [7, 11) is 0. The van der Waals surface area contributed by atoms with Crippen LogP contribution in [-0.2, 0) is 0 Å². The Balaban J connectivity index is 1.76. The van der Waals surface area contributed by atoms with Gasteiger partial charge < -0.3 is 9.15 Å². The quantitative estimate of drug-likeness (QED) is 0.342. The third kappa shape index (κ3) is 3.56. The summed E-state index contributed by atoms with van der Waals surface area (Å²) in [5, 5.41) is 0.703. The number of ether oxygens (including phenoxy) is 1. The van der Waals surface area contributed by atoms with Crippen molar-refractivity contribution in [2.45, 2.75) is 19.9 Å². The van der Waals surface area contributed by atoms with E-state index in [1.54, 1.807) is 42.5 Å². The zero-order chi connectivity index (χ0) is 24.0. The second-order valence-electron chi connectivity index (χ2n) is 8.00. The number of hydrogen-bond donors (Lipinski definition) is 0. The Kier molecular flexibility index (Phi) is 5.46. The number of ketones is 1. The summed E-state index contributed by atoms with van der Waals surface area (Å²) in [5.74, 6) is 0.0955. The van der Waals surface area contributed by atoms with E-state index < -0.39 is 11.9 Å². The zero-order valence-corrected chi connectivity index (χ0v) is 19.3. The van der Waals surface area contributed by atoms with Gasteiger partial charge in [-0.05, 0) is 74.0 Å². The second kappa shape index (κ2) is 8.47. The molecule has 0 radical (unpaired) electrons. The topological polar surface area (TPSA) is 76.8 Å². The van der Waals surface area contributed by atoms with Crippen LogP contribution < -0.4 is 15.1 Å². The molecule has 1 atom stereocenters. The fraction of sp³-hybridized carbons (Fsp3) is 0.148. The number of anilines is 1. The van der Waals surface area contributed by atoms with Gasteiger partial charge in [-0.1, -0.05) is 23.7 Å². The van der Waals surface area contributed by atoms with Crippen molar-refractivity contribution in [2.24, 2.45) is 0 Å². The van der Waals surface area contributed by atoms with Crippen molar-refractivity contribution in [2.75, 3.05) is 11.5 Å². The Morgan fingerprint density at radius 2 is 1.82 bits per heavy atom. The first kappa shape index (κ1) is 21.9. The summed E-state index contributed by atoms with van der Waals surface area (Å²) in [6, 6.07) is 18.0. The lowest BCUT2D eigenvalue weighted by atomic mass is 9.98. The minimum Gasteiger partial charge on any atom is -0.494 e. The van der Waals surface area contributed by atoms with Crippen LogP contribution in [0.2, 0.25) is 5.02 Å². The Bertz CT molecular complexity index is 1510. The molecule has 1 aromatic heterocycles. The van der Waals surface area contributed by atoms with Crippen LogP contribution in [0.4, 0.5) is 5.69 Å². The fourth-order valence-corrected chi connectivity index (χ4v) is 4.50. The molecule has 5 rings (SSSR count). The van der Waals surface area contributed by atoms with Crippen LogP contribution in [0.3, 0.4) is 0 Å². The highest BCUT2D eigenvalue weighted by Crippen LogP contribution is 2.42. The van der Waals surface area contributed by atoms with Gasteiger partial charge in [0.15, 0.2) is 11.2 Å². The largest absolute Gasteiger partial charge is 0.494 e. The number of halogens is 1. The average molecular weight is 474 g/mol. The van der Waals surface area contributed by atoms with Gasteiger partial charge in [0.25, 0.3) is 5.91 Å². The van der Waals surface area contributed by atoms with E-state index in [4.69, 9.17) is 20.8 Å². The molecular weight excluding hydrogens is 454 g/mol. The van der Waals surface area contributed by atoms with Gasteiger partial charge in [-0.15, -0.1) is 0 Å². The number of carbonyl (C=O) groups excluding carboxylic acids is 2. The third-order valence-electron chi connectivity index (χ3n) is 5.87. The second-order valence-corrected chi connectivity index (χ2v) is 8.44. The predicted molar refractivity (Wildman–Crippen MR) is 130 cm³/mol. The van der Waals surface area contributed by atoms with E-state index in [0.29, 0.717) is 39.6 Å². The van der Waals surface area contributed by atoms with Crippen molar-refractivity contribution in [3.05, 3.63) is 104 Å². The van der Waals surface area contributed by atoms with E-state index in [0.717, 1.165) is 0 Å². The number of benzene rings is 3. The first-order valence-electron chi connectivity index (χ1n) is 10.8. The van der Waals surface area contributed by atoms with Gasteiger partial charge in [0.05, 0.1) is 23.6 Å². The molecule has 0 saturated heterocycles. The van der Waals surface area contributed by atoms with Crippen molar-refractivity contribution in [3.63, 3.8) is 0 Å². The molecule has 0 fully saturated rings. The maximum Gasteiger partial charge on any atom is 0.295 e. The van der Waals surface area contributed by atoms with Gasteiger partial charge in [0.1, 0.15) is 11.3 Å². The first-order chi connectivity index (χ1) is 16.4. The van der Waals surface area contributed by atoms with Gasteiger partial charge in [0.2, 0.25) is 5.76 Å². The van der Waals surface area contributed by atoms with Crippen LogP contribution in [-0.4, -0.2) is 18.3 Å². The van der Waals surface area contributed by atoms with Crippen LogP contribution in [0.25, 0.3) is 11.0 Å². The first-order valence-corrected chi connectivity index (χ1v) is 11.2. The van der Waals surface area contributed by atoms with E-state index in [9.17, 15) is 14.4 Å². The molecule has 0 N–H and O–H groups in total. The molecular formula is C27H20ClNO5. The Hall–Kier alpha value is -3.90. The molecule has 6 nitrogen and oxygen atoms in total. The molecule has 0 bridgehead atoms. The van der Waals surface area contributed by atoms with E-state index in [1.807, 2.05) is 31.2 Å². The smallest absolute Gasteiger partial charge is 0.295 e. The zero-order valence-electron chi connectivity index (χ0n) is 18.5. The Morgan fingerprint density at radius 3 is 2.53 bits per heavy atom. The van der Waals surface area contributed by atoms with E-state index >= 15 is 0 Å². The highest BCUT2D eigenvalue weighted by molar-refractivity contribution is 6.31. The van der Waals surface area contributed by atoms with Crippen LogP contribution >= 0.6 is 11.6 Å². The number of amides is 1. The molecule has 1 aliphatic heterocycles. The number of fused-ring (bicyclic) bond motifs is 2. The lowest BCUT2D eigenvalue weighted by Crippen LogP contribution is -2.29.